The van der Waals surface area contributed by atoms with E-state index in [4.69, 9.17) is 14.2 Å². The van der Waals surface area contributed by atoms with Gasteiger partial charge in [-0.25, -0.2) is 4.98 Å². The van der Waals surface area contributed by atoms with Gasteiger partial charge in [0.05, 0.1) is 31.9 Å². The molecule has 0 aliphatic carbocycles. The van der Waals surface area contributed by atoms with Gasteiger partial charge in [0.2, 0.25) is 0 Å². The lowest BCUT2D eigenvalue weighted by Crippen LogP contribution is -2.29. The number of aromatic nitrogens is 1. The fourth-order valence-electron chi connectivity index (χ4n) is 4.20. The number of ketones is 1. The molecule has 0 saturated carbocycles. The van der Waals surface area contributed by atoms with E-state index in [9.17, 15) is 14.7 Å². The number of hydrogen-bond donors (Lipinski definition) is 1. The minimum Gasteiger partial charge on any atom is -0.507 e. The van der Waals surface area contributed by atoms with Crippen molar-refractivity contribution in [1.29, 1.82) is 0 Å². The van der Waals surface area contributed by atoms with Gasteiger partial charge >= 0.3 is 5.91 Å². The van der Waals surface area contributed by atoms with Gasteiger partial charge < -0.3 is 19.3 Å². The predicted molar refractivity (Wildman–Crippen MR) is 143 cm³/mol. The van der Waals surface area contributed by atoms with E-state index in [1.54, 1.807) is 61.2 Å². The lowest BCUT2D eigenvalue weighted by atomic mass is 9.95. The van der Waals surface area contributed by atoms with Gasteiger partial charge in [0.1, 0.15) is 11.5 Å². The molecule has 2 heterocycles. The number of nitrogens with zero attached hydrogens (tertiary/aromatic N) is 2. The molecule has 194 valence electrons. The number of unbranched alkanes of at least 4 members (excludes halogenated alkanes) is 2. The zero-order valence-corrected chi connectivity index (χ0v) is 21.9. The van der Waals surface area contributed by atoms with E-state index >= 15 is 0 Å². The largest absolute Gasteiger partial charge is 0.507 e. The monoisotopic (exact) mass is 522 g/mol. The molecule has 3 aromatic rings. The maximum Gasteiger partial charge on any atom is 0.301 e. The van der Waals surface area contributed by atoms with Gasteiger partial charge in [-0.3, -0.25) is 14.5 Å². The van der Waals surface area contributed by atoms with Crippen LogP contribution in [0.2, 0.25) is 0 Å². The molecule has 9 heteroatoms. The van der Waals surface area contributed by atoms with Crippen molar-refractivity contribution in [1.82, 2.24) is 4.98 Å². The van der Waals surface area contributed by atoms with Crippen molar-refractivity contribution in [3.05, 3.63) is 70.7 Å². The van der Waals surface area contributed by atoms with Crippen LogP contribution in [-0.2, 0) is 9.59 Å². The quantitative estimate of drug-likeness (QED) is 0.148. The Kier molecular flexibility index (Phi) is 8.45. The summed E-state index contributed by atoms with van der Waals surface area (Å²) in [7, 11) is 1.54. The van der Waals surface area contributed by atoms with Crippen molar-refractivity contribution in [2.75, 3.05) is 25.2 Å². The molecule has 1 N–H and O–H groups in total. The van der Waals surface area contributed by atoms with Crippen LogP contribution >= 0.6 is 11.3 Å². The van der Waals surface area contributed by atoms with E-state index in [2.05, 4.69) is 11.9 Å². The first-order valence-electron chi connectivity index (χ1n) is 12.2. The van der Waals surface area contributed by atoms with E-state index in [1.807, 2.05) is 6.92 Å². The third kappa shape index (κ3) is 5.46. The second-order valence-corrected chi connectivity index (χ2v) is 9.28. The summed E-state index contributed by atoms with van der Waals surface area (Å²) in [6.07, 6.45) is 4.65. The van der Waals surface area contributed by atoms with Gasteiger partial charge in [-0.15, -0.1) is 11.3 Å². The number of carbonyl (C=O) groups is 2. The molecule has 2 aromatic carbocycles. The van der Waals surface area contributed by atoms with Gasteiger partial charge in [0.25, 0.3) is 5.78 Å². The molecule has 1 atom stereocenters. The molecule has 37 heavy (non-hydrogen) atoms. The smallest absolute Gasteiger partial charge is 0.301 e. The van der Waals surface area contributed by atoms with E-state index in [1.165, 1.54) is 16.2 Å². The van der Waals surface area contributed by atoms with Crippen molar-refractivity contribution >= 4 is 33.9 Å². The topological polar surface area (TPSA) is 98.2 Å². The molecule has 8 nitrogen and oxygen atoms in total. The van der Waals surface area contributed by atoms with Crippen molar-refractivity contribution in [2.24, 2.45) is 0 Å². The Bertz CT molecular complexity index is 1270. The number of thiazole rings is 1. The Labute approximate surface area is 220 Å². The summed E-state index contributed by atoms with van der Waals surface area (Å²) in [4.78, 5) is 32.1. The highest BCUT2D eigenvalue weighted by Crippen LogP contribution is 2.44. The third-order valence-corrected chi connectivity index (χ3v) is 6.79. The number of methoxy groups -OCH3 is 1. The third-order valence-electron chi connectivity index (χ3n) is 6.02. The van der Waals surface area contributed by atoms with Crippen LogP contribution in [0.5, 0.6) is 17.2 Å². The minimum absolute atomic E-state index is 0.0237. The lowest BCUT2D eigenvalue weighted by Gasteiger charge is -2.24. The highest BCUT2D eigenvalue weighted by Gasteiger charge is 2.48. The Morgan fingerprint density at radius 2 is 1.84 bits per heavy atom. The number of hydrogen-bond acceptors (Lipinski definition) is 8. The standard InChI is InChI=1S/C28H30N2O6S/c1-4-6-7-15-36-21-13-10-19(17-22(21)35-5-2)24-23(25(31)18-8-11-20(34-3)12-9-18)26(32)27(33)30(24)28-29-14-16-37-28/h8-14,16-17,24,31H,4-7,15H2,1-3H3/b25-23+. The fourth-order valence-corrected chi connectivity index (χ4v) is 4.87. The molecule has 1 amide bonds. The summed E-state index contributed by atoms with van der Waals surface area (Å²) >= 11 is 1.24. The highest BCUT2D eigenvalue weighted by molar-refractivity contribution is 7.14. The first kappa shape index (κ1) is 26.2. The van der Waals surface area contributed by atoms with Crippen LogP contribution in [-0.4, -0.2) is 42.1 Å². The zero-order chi connectivity index (χ0) is 26.4. The number of amides is 1. The molecule has 1 saturated heterocycles. The summed E-state index contributed by atoms with van der Waals surface area (Å²) < 4.78 is 17.0. The van der Waals surface area contributed by atoms with Gasteiger partial charge in [0, 0.05) is 17.1 Å². The molecule has 0 spiro atoms. The summed E-state index contributed by atoms with van der Waals surface area (Å²) in [5, 5.41) is 13.4. The Morgan fingerprint density at radius 1 is 1.05 bits per heavy atom. The molecule has 1 unspecified atom stereocenters. The second-order valence-electron chi connectivity index (χ2n) is 8.41. The molecule has 1 fully saturated rings. The van der Waals surface area contributed by atoms with Crippen molar-refractivity contribution in [3.8, 4) is 17.2 Å². The van der Waals surface area contributed by atoms with Crippen molar-refractivity contribution < 1.29 is 28.9 Å². The number of aliphatic hydroxyl groups excluding tert-OH is 1. The van der Waals surface area contributed by atoms with Gasteiger partial charge in [-0.1, -0.05) is 25.8 Å². The zero-order valence-electron chi connectivity index (χ0n) is 21.1. The molecule has 1 aliphatic rings. The molecule has 1 aromatic heterocycles. The molecule has 0 bridgehead atoms. The SMILES string of the molecule is CCCCCOc1ccc(C2/C(=C(\O)c3ccc(OC)cc3)C(=O)C(=O)N2c2nccs2)cc1OCC. The van der Waals surface area contributed by atoms with Gasteiger partial charge in [-0.2, -0.15) is 0 Å². The average molecular weight is 523 g/mol. The summed E-state index contributed by atoms with van der Waals surface area (Å²) in [5.74, 6) is -0.122. The number of anilines is 1. The van der Waals surface area contributed by atoms with Crippen LogP contribution in [0, 0.1) is 0 Å². The van der Waals surface area contributed by atoms with Crippen LogP contribution in [0.1, 0.15) is 50.3 Å². The number of ether oxygens (including phenoxy) is 3. The van der Waals surface area contributed by atoms with Crippen LogP contribution in [0.25, 0.3) is 5.76 Å². The van der Waals surface area contributed by atoms with Crippen LogP contribution in [0.4, 0.5) is 5.13 Å². The van der Waals surface area contributed by atoms with Crippen LogP contribution in [0.3, 0.4) is 0 Å². The van der Waals surface area contributed by atoms with E-state index in [-0.39, 0.29) is 11.3 Å². The Hall–Kier alpha value is -3.85. The van der Waals surface area contributed by atoms with E-state index in [0.29, 0.717) is 46.7 Å². The first-order chi connectivity index (χ1) is 18.0. The van der Waals surface area contributed by atoms with E-state index < -0.39 is 17.7 Å². The number of benzene rings is 2. The van der Waals surface area contributed by atoms with Crippen LogP contribution < -0.4 is 19.1 Å². The van der Waals surface area contributed by atoms with Gasteiger partial charge in [-0.05, 0) is 55.3 Å². The maximum absolute atomic E-state index is 13.3. The normalized spacial score (nSPS) is 16.7. The molecule has 0 radical (unpaired) electrons. The Morgan fingerprint density at radius 3 is 2.49 bits per heavy atom. The number of rotatable bonds is 11. The molecule has 1 aliphatic heterocycles. The molecular weight excluding hydrogens is 492 g/mol. The summed E-state index contributed by atoms with van der Waals surface area (Å²) in [6.45, 7) is 4.97. The van der Waals surface area contributed by atoms with Crippen molar-refractivity contribution in [3.63, 3.8) is 0 Å². The lowest BCUT2D eigenvalue weighted by molar-refractivity contribution is -0.132. The number of Topliss-reactive ketones (excluding diaryl/α,β-unsaturated/α-hetero) is 1. The predicted octanol–water partition coefficient (Wildman–Crippen LogP) is 5.75. The number of carbonyl (C=O) groups excluding carboxylic acids is 2. The minimum atomic E-state index is -0.901. The summed E-state index contributed by atoms with van der Waals surface area (Å²) in [6, 6.07) is 11.1. The van der Waals surface area contributed by atoms with Crippen molar-refractivity contribution in [2.45, 2.75) is 39.2 Å². The molecule has 4 rings (SSSR count). The maximum atomic E-state index is 13.3. The highest BCUT2D eigenvalue weighted by atomic mass is 32.1. The number of aliphatic hydroxyl groups is 1. The average Bonchev–Trinajstić information content (AvgIpc) is 3.53. The van der Waals surface area contributed by atoms with Crippen LogP contribution in [0.15, 0.2) is 59.6 Å². The Balaban J connectivity index is 1.82. The summed E-state index contributed by atoms with van der Waals surface area (Å²) in [5.41, 5.74) is 0.960. The fraction of sp³-hybridized carbons (Fsp3) is 0.321. The molecular formula is C28H30N2O6S. The second kappa shape index (κ2) is 11.9. The van der Waals surface area contributed by atoms with E-state index in [0.717, 1.165) is 19.3 Å². The first-order valence-corrected chi connectivity index (χ1v) is 13.1. The van der Waals surface area contributed by atoms with Gasteiger partial charge in [0.15, 0.2) is 16.6 Å².